The number of nitrogens with zero attached hydrogens (tertiary/aromatic N) is 4. The van der Waals surface area contributed by atoms with Crippen LogP contribution in [0.15, 0.2) is 48.5 Å². The molecule has 1 aliphatic rings. The first kappa shape index (κ1) is 19.8. The molecule has 0 unspecified atom stereocenters. The minimum atomic E-state index is -0.656. The van der Waals surface area contributed by atoms with Crippen LogP contribution in [-0.2, 0) is 11.3 Å². The van der Waals surface area contributed by atoms with E-state index < -0.39 is 5.97 Å². The molecular weight excluding hydrogens is 387 g/mol. The summed E-state index contributed by atoms with van der Waals surface area (Å²) < 4.78 is 19.9. The number of halogens is 1. The Labute approximate surface area is 173 Å². The average Bonchev–Trinajstić information content (AvgIpc) is 3.43. The predicted octanol–water partition coefficient (Wildman–Crippen LogP) is 3.31. The maximum Gasteiger partial charge on any atom is 0.378 e. The third-order valence-electron chi connectivity index (χ3n) is 4.99. The van der Waals surface area contributed by atoms with E-state index in [0.717, 1.165) is 31.5 Å². The van der Waals surface area contributed by atoms with E-state index >= 15 is 0 Å². The van der Waals surface area contributed by atoms with Crippen molar-refractivity contribution in [2.75, 3.05) is 13.1 Å². The molecule has 0 bridgehead atoms. The lowest BCUT2D eigenvalue weighted by molar-refractivity contribution is 0.0458. The molecule has 0 N–H and O–H groups in total. The zero-order valence-corrected chi connectivity index (χ0v) is 16.5. The van der Waals surface area contributed by atoms with Gasteiger partial charge < -0.3 is 9.64 Å². The van der Waals surface area contributed by atoms with Crippen LogP contribution in [0.25, 0.3) is 5.69 Å². The number of hydrogen-bond donors (Lipinski definition) is 0. The normalized spacial score (nSPS) is 13.5. The lowest BCUT2D eigenvalue weighted by atomic mass is 10.1. The van der Waals surface area contributed by atoms with Crippen molar-refractivity contribution in [1.82, 2.24) is 19.7 Å². The van der Waals surface area contributed by atoms with Gasteiger partial charge in [-0.25, -0.2) is 18.9 Å². The van der Waals surface area contributed by atoms with Gasteiger partial charge in [-0.1, -0.05) is 12.1 Å². The highest BCUT2D eigenvalue weighted by Crippen LogP contribution is 2.15. The summed E-state index contributed by atoms with van der Waals surface area (Å²) in [7, 11) is 0. The van der Waals surface area contributed by atoms with Gasteiger partial charge in [0.25, 0.3) is 11.7 Å². The first-order valence-corrected chi connectivity index (χ1v) is 9.76. The van der Waals surface area contributed by atoms with Crippen molar-refractivity contribution in [2.45, 2.75) is 26.4 Å². The Morgan fingerprint density at radius 3 is 2.37 bits per heavy atom. The topological polar surface area (TPSA) is 77.3 Å². The summed E-state index contributed by atoms with van der Waals surface area (Å²) in [6.07, 6.45) is 2.09. The summed E-state index contributed by atoms with van der Waals surface area (Å²) in [6.45, 7) is 3.34. The monoisotopic (exact) mass is 408 g/mol. The van der Waals surface area contributed by atoms with Gasteiger partial charge >= 0.3 is 5.97 Å². The Balaban J connectivity index is 1.38. The van der Waals surface area contributed by atoms with Gasteiger partial charge in [-0.2, -0.15) is 0 Å². The molecule has 2 aromatic carbocycles. The van der Waals surface area contributed by atoms with E-state index in [2.05, 4.69) is 10.1 Å². The van der Waals surface area contributed by atoms with Crippen molar-refractivity contribution >= 4 is 11.9 Å². The molecule has 0 spiro atoms. The van der Waals surface area contributed by atoms with Gasteiger partial charge in [-0.05, 0) is 61.7 Å². The number of aryl methyl sites for hydroxylation is 1. The molecule has 1 saturated heterocycles. The molecule has 0 atom stereocenters. The lowest BCUT2D eigenvalue weighted by Gasteiger charge is -2.15. The second-order valence-electron chi connectivity index (χ2n) is 7.14. The molecule has 30 heavy (non-hydrogen) atoms. The summed E-state index contributed by atoms with van der Waals surface area (Å²) in [5.41, 5.74) is 1.98. The van der Waals surface area contributed by atoms with Crippen molar-refractivity contribution in [2.24, 2.45) is 0 Å². The number of benzene rings is 2. The molecule has 8 heteroatoms. The average molecular weight is 408 g/mol. The highest BCUT2D eigenvalue weighted by atomic mass is 19.1. The first-order valence-electron chi connectivity index (χ1n) is 9.76. The Morgan fingerprint density at radius 2 is 1.70 bits per heavy atom. The Kier molecular flexibility index (Phi) is 5.56. The molecule has 1 aromatic heterocycles. The highest BCUT2D eigenvalue weighted by molar-refractivity contribution is 5.94. The van der Waals surface area contributed by atoms with E-state index in [1.165, 1.54) is 16.8 Å². The van der Waals surface area contributed by atoms with Crippen LogP contribution >= 0.6 is 0 Å². The Bertz CT molecular complexity index is 1050. The van der Waals surface area contributed by atoms with Gasteiger partial charge in [0.2, 0.25) is 0 Å². The van der Waals surface area contributed by atoms with Gasteiger partial charge in [-0.3, -0.25) is 4.79 Å². The fourth-order valence-corrected chi connectivity index (χ4v) is 3.36. The number of esters is 1. The molecule has 1 aliphatic heterocycles. The number of carbonyl (C=O) groups is 2. The van der Waals surface area contributed by atoms with Crippen LogP contribution in [0.5, 0.6) is 0 Å². The highest BCUT2D eigenvalue weighted by Gasteiger charge is 2.20. The number of amides is 1. The predicted molar refractivity (Wildman–Crippen MR) is 107 cm³/mol. The van der Waals surface area contributed by atoms with Crippen molar-refractivity contribution in [1.29, 1.82) is 0 Å². The van der Waals surface area contributed by atoms with Gasteiger partial charge in [0.1, 0.15) is 18.2 Å². The number of ether oxygens (including phenoxy) is 1. The first-order chi connectivity index (χ1) is 14.5. The molecule has 1 fully saturated rings. The third-order valence-corrected chi connectivity index (χ3v) is 4.99. The van der Waals surface area contributed by atoms with Gasteiger partial charge in [-0.15, -0.1) is 5.10 Å². The zero-order valence-electron chi connectivity index (χ0n) is 16.5. The quantitative estimate of drug-likeness (QED) is 0.606. The third kappa shape index (κ3) is 4.22. The van der Waals surface area contributed by atoms with E-state index in [4.69, 9.17) is 4.74 Å². The van der Waals surface area contributed by atoms with Crippen LogP contribution in [-0.4, -0.2) is 44.6 Å². The van der Waals surface area contributed by atoms with Crippen molar-refractivity contribution < 1.29 is 18.7 Å². The van der Waals surface area contributed by atoms with Crippen LogP contribution in [0.3, 0.4) is 0 Å². The SMILES string of the molecule is Cc1nc(C(=O)OCc2ccc(C(=O)N3CCCC3)cc2)nn1-c1ccc(F)cc1. The second-order valence-corrected chi connectivity index (χ2v) is 7.14. The number of hydrogen-bond acceptors (Lipinski definition) is 5. The van der Waals surface area contributed by atoms with E-state index in [-0.39, 0.29) is 24.2 Å². The number of carbonyl (C=O) groups excluding carboxylic acids is 2. The standard InChI is InChI=1S/C22H21FN4O3/c1-15-24-20(25-27(15)19-10-8-18(23)9-11-19)22(29)30-14-16-4-6-17(7-5-16)21(28)26-12-2-3-13-26/h4-11H,2-3,12-14H2,1H3. The molecule has 0 radical (unpaired) electrons. The fraction of sp³-hybridized carbons (Fsp3) is 0.273. The maximum atomic E-state index is 13.1. The second kappa shape index (κ2) is 8.44. The minimum Gasteiger partial charge on any atom is -0.455 e. The minimum absolute atomic E-state index is 0.0297. The van der Waals surface area contributed by atoms with Crippen LogP contribution < -0.4 is 0 Å². The molecule has 3 aromatic rings. The molecule has 0 saturated carbocycles. The smallest absolute Gasteiger partial charge is 0.378 e. The summed E-state index contributed by atoms with van der Waals surface area (Å²) in [4.78, 5) is 30.7. The van der Waals surface area contributed by atoms with Gasteiger partial charge in [0.05, 0.1) is 5.69 Å². The summed E-state index contributed by atoms with van der Waals surface area (Å²) in [5, 5.41) is 4.16. The Hall–Kier alpha value is -3.55. The zero-order chi connectivity index (χ0) is 21.1. The van der Waals surface area contributed by atoms with E-state index in [1.54, 1.807) is 43.3 Å². The number of likely N-dealkylation sites (tertiary alicyclic amines) is 1. The van der Waals surface area contributed by atoms with E-state index in [1.807, 2.05) is 4.90 Å². The molecule has 0 aliphatic carbocycles. The van der Waals surface area contributed by atoms with Gasteiger partial charge in [0.15, 0.2) is 0 Å². The molecule has 2 heterocycles. The Morgan fingerprint density at radius 1 is 1.03 bits per heavy atom. The van der Waals surface area contributed by atoms with Crippen LogP contribution in [0.4, 0.5) is 4.39 Å². The maximum absolute atomic E-state index is 13.1. The summed E-state index contributed by atoms with van der Waals surface area (Å²) >= 11 is 0. The molecule has 1 amide bonds. The van der Waals surface area contributed by atoms with Crippen LogP contribution in [0.1, 0.15) is 45.2 Å². The van der Waals surface area contributed by atoms with Crippen LogP contribution in [0.2, 0.25) is 0 Å². The number of aromatic nitrogens is 3. The van der Waals surface area contributed by atoms with E-state index in [9.17, 15) is 14.0 Å². The molecule has 4 rings (SSSR count). The molecular formula is C22H21FN4O3. The van der Waals surface area contributed by atoms with Crippen molar-refractivity contribution in [3.05, 3.63) is 77.1 Å². The number of rotatable bonds is 5. The van der Waals surface area contributed by atoms with Crippen LogP contribution in [0, 0.1) is 12.7 Å². The fourth-order valence-electron chi connectivity index (χ4n) is 3.36. The molecule has 154 valence electrons. The lowest BCUT2D eigenvalue weighted by Crippen LogP contribution is -2.27. The van der Waals surface area contributed by atoms with Gasteiger partial charge in [0, 0.05) is 18.7 Å². The summed E-state index contributed by atoms with van der Waals surface area (Å²) in [6, 6.07) is 12.8. The summed E-state index contributed by atoms with van der Waals surface area (Å²) in [5.74, 6) is -0.571. The van der Waals surface area contributed by atoms with E-state index in [0.29, 0.717) is 17.1 Å². The molecule has 7 nitrogen and oxygen atoms in total. The van der Waals surface area contributed by atoms with Crippen molar-refractivity contribution in [3.63, 3.8) is 0 Å². The van der Waals surface area contributed by atoms with Crippen molar-refractivity contribution in [3.8, 4) is 5.69 Å². The largest absolute Gasteiger partial charge is 0.455 e.